The molecule has 2 rings (SSSR count). The maximum absolute atomic E-state index is 6.00. The van der Waals surface area contributed by atoms with Crippen LogP contribution in [0.5, 0.6) is 0 Å². The lowest BCUT2D eigenvalue weighted by Gasteiger charge is -2.10. The van der Waals surface area contributed by atoms with Crippen LogP contribution in [-0.4, -0.2) is 0 Å². The monoisotopic (exact) mass is 212 g/mol. The molecule has 16 heavy (non-hydrogen) atoms. The zero-order valence-electron chi connectivity index (χ0n) is 9.62. The second kappa shape index (κ2) is 3.89. The highest BCUT2D eigenvalue weighted by Crippen LogP contribution is 2.31. The van der Waals surface area contributed by atoms with Gasteiger partial charge in [0.1, 0.15) is 0 Å². The Morgan fingerprint density at radius 2 is 1.44 bits per heavy atom. The van der Waals surface area contributed by atoms with Crippen LogP contribution in [0.25, 0.3) is 11.1 Å². The number of nitrogens with two attached hydrogens (primary N) is 2. The summed E-state index contributed by atoms with van der Waals surface area (Å²) in [5.41, 5.74) is 17.7. The largest absolute Gasteiger partial charge is 0.397 e. The molecule has 0 spiro atoms. The fourth-order valence-electron chi connectivity index (χ4n) is 1.80. The van der Waals surface area contributed by atoms with Crippen LogP contribution in [0.15, 0.2) is 36.4 Å². The number of hydrogen-bond donors (Lipinski definition) is 2. The minimum absolute atomic E-state index is 0.649. The van der Waals surface area contributed by atoms with Crippen LogP contribution in [-0.2, 0) is 0 Å². The van der Waals surface area contributed by atoms with Crippen LogP contribution in [0.1, 0.15) is 11.1 Å². The zero-order valence-corrected chi connectivity index (χ0v) is 9.62. The van der Waals surface area contributed by atoms with Crippen molar-refractivity contribution in [2.24, 2.45) is 0 Å². The third-order valence-electron chi connectivity index (χ3n) is 2.72. The lowest BCUT2D eigenvalue weighted by atomic mass is 9.99. The fraction of sp³-hybridized carbons (Fsp3) is 0.143. The molecule has 0 atom stereocenters. The van der Waals surface area contributed by atoms with Gasteiger partial charge in [-0.2, -0.15) is 0 Å². The normalized spacial score (nSPS) is 10.4. The highest BCUT2D eigenvalue weighted by Gasteiger charge is 2.06. The van der Waals surface area contributed by atoms with E-state index >= 15 is 0 Å². The van der Waals surface area contributed by atoms with Gasteiger partial charge in [-0.25, -0.2) is 0 Å². The van der Waals surface area contributed by atoms with Gasteiger partial charge in [0.15, 0.2) is 0 Å². The summed E-state index contributed by atoms with van der Waals surface area (Å²) in [5, 5.41) is 0. The molecular formula is C14H16N2. The van der Waals surface area contributed by atoms with Crippen LogP contribution in [0.3, 0.4) is 0 Å². The minimum Gasteiger partial charge on any atom is -0.397 e. The van der Waals surface area contributed by atoms with Gasteiger partial charge in [-0.15, -0.1) is 0 Å². The first-order valence-electron chi connectivity index (χ1n) is 5.30. The summed E-state index contributed by atoms with van der Waals surface area (Å²) in [7, 11) is 0. The summed E-state index contributed by atoms with van der Waals surface area (Å²) in [4.78, 5) is 0. The van der Waals surface area contributed by atoms with Crippen LogP contribution >= 0.6 is 0 Å². The second-order valence-corrected chi connectivity index (χ2v) is 4.18. The molecule has 4 N–H and O–H groups in total. The number of anilines is 2. The lowest BCUT2D eigenvalue weighted by Crippen LogP contribution is -1.98. The number of aryl methyl sites for hydroxylation is 2. The van der Waals surface area contributed by atoms with Gasteiger partial charge in [-0.1, -0.05) is 29.8 Å². The smallest absolute Gasteiger partial charge is 0.0627 e. The van der Waals surface area contributed by atoms with E-state index in [1.807, 2.05) is 13.0 Å². The number of nitrogen functional groups attached to an aromatic ring is 2. The third kappa shape index (κ3) is 1.87. The lowest BCUT2D eigenvalue weighted by molar-refractivity contribution is 1.44. The Labute approximate surface area is 95.9 Å². The average molecular weight is 212 g/mol. The highest BCUT2D eigenvalue weighted by molar-refractivity contribution is 5.85. The van der Waals surface area contributed by atoms with Gasteiger partial charge >= 0.3 is 0 Å². The van der Waals surface area contributed by atoms with Gasteiger partial charge in [-0.05, 0) is 37.1 Å². The molecule has 82 valence electrons. The topological polar surface area (TPSA) is 52.0 Å². The number of rotatable bonds is 1. The predicted octanol–water partition coefficient (Wildman–Crippen LogP) is 3.13. The molecule has 0 saturated carbocycles. The van der Waals surface area contributed by atoms with E-state index in [-0.39, 0.29) is 0 Å². The molecule has 2 nitrogen and oxygen atoms in total. The Balaban J connectivity index is 2.59. The molecule has 0 amide bonds. The van der Waals surface area contributed by atoms with Crippen LogP contribution in [0, 0.1) is 13.8 Å². The Bertz CT molecular complexity index is 513. The molecule has 0 unspecified atom stereocenters. The summed E-state index contributed by atoms with van der Waals surface area (Å²) in [6.45, 7) is 4.09. The molecule has 0 saturated heterocycles. The maximum Gasteiger partial charge on any atom is 0.0627 e. The zero-order chi connectivity index (χ0) is 11.7. The van der Waals surface area contributed by atoms with Crippen LogP contribution in [0.2, 0.25) is 0 Å². The summed E-state index contributed by atoms with van der Waals surface area (Å²) < 4.78 is 0. The van der Waals surface area contributed by atoms with Gasteiger partial charge < -0.3 is 11.5 Å². The van der Waals surface area contributed by atoms with Crippen LogP contribution in [0.4, 0.5) is 11.4 Å². The van der Waals surface area contributed by atoms with Gasteiger partial charge in [0.05, 0.1) is 11.4 Å². The van der Waals surface area contributed by atoms with Crippen molar-refractivity contribution in [3.63, 3.8) is 0 Å². The molecule has 2 aromatic rings. The van der Waals surface area contributed by atoms with E-state index in [9.17, 15) is 0 Å². The SMILES string of the molecule is Cc1ccc(-c2cc(C)cc(N)c2N)cc1. The van der Waals surface area contributed by atoms with Gasteiger partial charge in [0, 0.05) is 5.56 Å². The van der Waals surface area contributed by atoms with Crippen molar-refractivity contribution < 1.29 is 0 Å². The highest BCUT2D eigenvalue weighted by atomic mass is 14.7. The summed E-state index contributed by atoms with van der Waals surface area (Å²) in [6, 6.07) is 12.3. The molecular weight excluding hydrogens is 196 g/mol. The Morgan fingerprint density at radius 3 is 2.06 bits per heavy atom. The van der Waals surface area contributed by atoms with Crippen molar-refractivity contribution in [1.29, 1.82) is 0 Å². The summed E-state index contributed by atoms with van der Waals surface area (Å²) in [5.74, 6) is 0. The standard InChI is InChI=1S/C14H16N2/c1-9-3-5-11(6-4-9)12-7-10(2)8-13(15)14(12)16/h3-8H,15-16H2,1-2H3. The molecule has 0 aliphatic carbocycles. The second-order valence-electron chi connectivity index (χ2n) is 4.18. The van der Waals surface area contributed by atoms with Crippen molar-refractivity contribution in [3.8, 4) is 11.1 Å². The van der Waals surface area contributed by atoms with Crippen molar-refractivity contribution in [2.45, 2.75) is 13.8 Å². The van der Waals surface area contributed by atoms with Gasteiger partial charge in [0.25, 0.3) is 0 Å². The minimum atomic E-state index is 0.649. The van der Waals surface area contributed by atoms with E-state index in [1.54, 1.807) is 0 Å². The average Bonchev–Trinajstić information content (AvgIpc) is 2.25. The fourth-order valence-corrected chi connectivity index (χ4v) is 1.80. The molecule has 2 heteroatoms. The van der Waals surface area contributed by atoms with E-state index in [0.717, 1.165) is 16.7 Å². The molecule has 0 aliphatic heterocycles. The van der Waals surface area contributed by atoms with E-state index in [4.69, 9.17) is 11.5 Å². The molecule has 0 fully saturated rings. The Hall–Kier alpha value is -1.96. The summed E-state index contributed by atoms with van der Waals surface area (Å²) in [6.07, 6.45) is 0. The molecule has 0 aliphatic rings. The first-order chi connectivity index (χ1) is 7.58. The molecule has 0 heterocycles. The number of hydrogen-bond acceptors (Lipinski definition) is 2. The molecule has 0 bridgehead atoms. The first-order valence-corrected chi connectivity index (χ1v) is 5.30. The molecule has 0 radical (unpaired) electrons. The predicted molar refractivity (Wildman–Crippen MR) is 70.2 cm³/mol. The molecule has 2 aromatic carbocycles. The van der Waals surface area contributed by atoms with Crippen molar-refractivity contribution in [2.75, 3.05) is 11.5 Å². The van der Waals surface area contributed by atoms with E-state index in [0.29, 0.717) is 11.4 Å². The third-order valence-corrected chi connectivity index (χ3v) is 2.72. The summed E-state index contributed by atoms with van der Waals surface area (Å²) >= 11 is 0. The number of benzene rings is 2. The van der Waals surface area contributed by atoms with Crippen molar-refractivity contribution in [1.82, 2.24) is 0 Å². The van der Waals surface area contributed by atoms with Crippen molar-refractivity contribution in [3.05, 3.63) is 47.5 Å². The maximum atomic E-state index is 6.00. The van der Waals surface area contributed by atoms with Crippen molar-refractivity contribution >= 4 is 11.4 Å². The van der Waals surface area contributed by atoms with E-state index in [2.05, 4.69) is 37.3 Å². The van der Waals surface area contributed by atoms with E-state index < -0.39 is 0 Å². The molecule has 0 aromatic heterocycles. The van der Waals surface area contributed by atoms with E-state index in [1.165, 1.54) is 5.56 Å². The first kappa shape index (κ1) is 10.6. The van der Waals surface area contributed by atoms with Gasteiger partial charge in [0.2, 0.25) is 0 Å². The Morgan fingerprint density at radius 1 is 0.812 bits per heavy atom. The van der Waals surface area contributed by atoms with Crippen LogP contribution < -0.4 is 11.5 Å². The Kier molecular flexibility index (Phi) is 2.57. The quantitative estimate of drug-likeness (QED) is 0.713. The van der Waals surface area contributed by atoms with Gasteiger partial charge in [-0.3, -0.25) is 0 Å².